The van der Waals surface area contributed by atoms with Gasteiger partial charge in [-0.3, -0.25) is 4.79 Å². The van der Waals surface area contributed by atoms with Crippen molar-refractivity contribution in [2.75, 3.05) is 0 Å². The molecule has 0 fully saturated rings. The van der Waals surface area contributed by atoms with Crippen molar-refractivity contribution >= 4 is 35.1 Å². The fourth-order valence-corrected chi connectivity index (χ4v) is 1.00. The van der Waals surface area contributed by atoms with E-state index >= 15 is 0 Å². The Balaban J connectivity index is 2.70. The Bertz CT molecular complexity index is 260. The topological polar surface area (TPSA) is 63.6 Å². The number of halogens is 2. The maximum Gasteiger partial charge on any atom is 0.350 e. The van der Waals surface area contributed by atoms with Crippen LogP contribution in [0, 0.1) is 0 Å². The number of ether oxygens (including phenoxy) is 1. The number of carboxylic acid groups (broad SMARTS) is 1. The summed E-state index contributed by atoms with van der Waals surface area (Å²) in [7, 11) is 0. The van der Waals surface area contributed by atoms with Crippen molar-refractivity contribution in [1.82, 2.24) is 0 Å². The fourth-order valence-electron chi connectivity index (χ4n) is 0.711. The van der Waals surface area contributed by atoms with E-state index in [2.05, 4.69) is 4.74 Å². The molecule has 0 spiro atoms. The molecular formula is C6H4Cl2O4. The van der Waals surface area contributed by atoms with Crippen LogP contribution in [0.4, 0.5) is 0 Å². The second kappa shape index (κ2) is 3.33. The van der Waals surface area contributed by atoms with Crippen molar-refractivity contribution in [3.05, 3.63) is 11.1 Å². The summed E-state index contributed by atoms with van der Waals surface area (Å²) in [5.41, 5.74) is 0. The van der Waals surface area contributed by atoms with Gasteiger partial charge in [-0.1, -0.05) is 11.6 Å². The van der Waals surface area contributed by atoms with E-state index in [1.54, 1.807) is 0 Å². The molecule has 0 aromatic rings. The van der Waals surface area contributed by atoms with Crippen molar-refractivity contribution in [1.29, 1.82) is 0 Å². The fraction of sp³-hybridized carbons (Fsp3) is 0.333. The molecule has 6 heteroatoms. The van der Waals surface area contributed by atoms with Gasteiger partial charge in [-0.05, 0) is 6.08 Å². The molecule has 0 aromatic heterocycles. The summed E-state index contributed by atoms with van der Waals surface area (Å²) in [6.45, 7) is 0. The first-order chi connectivity index (χ1) is 5.52. The molecule has 0 radical (unpaired) electrons. The number of hydrogen-bond acceptors (Lipinski definition) is 3. The van der Waals surface area contributed by atoms with Crippen molar-refractivity contribution in [2.45, 2.75) is 11.5 Å². The molecule has 12 heavy (non-hydrogen) atoms. The molecule has 0 amide bonds. The molecule has 66 valence electrons. The Morgan fingerprint density at radius 3 is 2.67 bits per heavy atom. The first-order valence-corrected chi connectivity index (χ1v) is 3.79. The minimum absolute atomic E-state index is 0.132. The summed E-state index contributed by atoms with van der Waals surface area (Å²) in [5.74, 6) is -1.99. The summed E-state index contributed by atoms with van der Waals surface area (Å²) in [6, 6.07) is 0. The normalized spacial score (nSPS) is 24.7. The molecule has 4 nitrogen and oxygen atoms in total. The van der Waals surface area contributed by atoms with Gasteiger partial charge >= 0.3 is 11.9 Å². The monoisotopic (exact) mass is 210 g/mol. The van der Waals surface area contributed by atoms with Gasteiger partial charge in [-0.15, -0.1) is 11.6 Å². The lowest BCUT2D eigenvalue weighted by Crippen LogP contribution is -2.28. The number of esters is 1. The number of alkyl halides is 1. The second-order valence-corrected chi connectivity index (χ2v) is 3.00. The standard InChI is InChI=1S/C6H4Cl2O4/c7-2-1-3(12-6(2)11)4(8)5(9)10/h1,3-4H,(H,9,10). The Labute approximate surface area is 77.7 Å². The highest BCUT2D eigenvalue weighted by Gasteiger charge is 2.33. The lowest BCUT2D eigenvalue weighted by Gasteiger charge is -2.09. The molecule has 1 rings (SSSR count). The maximum atomic E-state index is 10.6. The third kappa shape index (κ3) is 1.70. The van der Waals surface area contributed by atoms with Gasteiger partial charge in [0.1, 0.15) is 11.1 Å². The van der Waals surface area contributed by atoms with Crippen molar-refractivity contribution in [3.8, 4) is 0 Å². The van der Waals surface area contributed by atoms with Crippen LogP contribution in [0.3, 0.4) is 0 Å². The summed E-state index contributed by atoms with van der Waals surface area (Å²) < 4.78 is 4.52. The summed E-state index contributed by atoms with van der Waals surface area (Å²) in [6.07, 6.45) is 0.208. The summed E-state index contributed by atoms with van der Waals surface area (Å²) in [5, 5.41) is 7.00. The highest BCUT2D eigenvalue weighted by Crippen LogP contribution is 2.21. The van der Waals surface area contributed by atoms with E-state index in [1.807, 2.05) is 0 Å². The van der Waals surface area contributed by atoms with Crippen LogP contribution in [0.15, 0.2) is 11.1 Å². The predicted molar refractivity (Wildman–Crippen MR) is 41.1 cm³/mol. The Morgan fingerprint density at radius 2 is 2.33 bits per heavy atom. The molecule has 2 unspecified atom stereocenters. The molecule has 0 saturated heterocycles. The third-order valence-corrected chi connectivity index (χ3v) is 1.99. The molecule has 1 N–H and O–H groups in total. The van der Waals surface area contributed by atoms with Crippen LogP contribution in [0.5, 0.6) is 0 Å². The molecule has 0 bridgehead atoms. The molecule has 1 aliphatic rings. The van der Waals surface area contributed by atoms with Crippen LogP contribution in [0.25, 0.3) is 0 Å². The van der Waals surface area contributed by atoms with E-state index in [4.69, 9.17) is 28.3 Å². The average molecular weight is 211 g/mol. The first kappa shape index (κ1) is 9.35. The van der Waals surface area contributed by atoms with Crippen LogP contribution in [-0.4, -0.2) is 28.5 Å². The van der Waals surface area contributed by atoms with E-state index in [0.29, 0.717) is 0 Å². The van der Waals surface area contributed by atoms with E-state index < -0.39 is 23.4 Å². The largest absolute Gasteiger partial charge is 0.480 e. The number of carbonyl (C=O) groups excluding carboxylic acids is 1. The molecule has 1 aliphatic heterocycles. The number of aliphatic carboxylic acids is 1. The lowest BCUT2D eigenvalue weighted by molar-refractivity contribution is -0.144. The van der Waals surface area contributed by atoms with Gasteiger partial charge in [0.25, 0.3) is 0 Å². The number of hydrogen-bond donors (Lipinski definition) is 1. The minimum Gasteiger partial charge on any atom is -0.480 e. The maximum absolute atomic E-state index is 10.6. The van der Waals surface area contributed by atoms with Crippen LogP contribution in [-0.2, 0) is 14.3 Å². The zero-order chi connectivity index (χ0) is 9.30. The first-order valence-electron chi connectivity index (χ1n) is 2.97. The zero-order valence-electron chi connectivity index (χ0n) is 5.66. The Kier molecular flexibility index (Phi) is 2.59. The van der Waals surface area contributed by atoms with Gasteiger partial charge in [0.15, 0.2) is 5.38 Å². The van der Waals surface area contributed by atoms with Gasteiger partial charge in [0.05, 0.1) is 0 Å². The molecule has 2 atom stereocenters. The van der Waals surface area contributed by atoms with E-state index in [9.17, 15) is 9.59 Å². The van der Waals surface area contributed by atoms with Crippen LogP contribution >= 0.6 is 23.2 Å². The number of carbonyl (C=O) groups is 2. The van der Waals surface area contributed by atoms with Crippen LogP contribution in [0.2, 0.25) is 0 Å². The van der Waals surface area contributed by atoms with E-state index in [-0.39, 0.29) is 5.03 Å². The predicted octanol–water partition coefficient (Wildman–Crippen LogP) is 0.726. The van der Waals surface area contributed by atoms with Gasteiger partial charge in [0, 0.05) is 0 Å². The van der Waals surface area contributed by atoms with Gasteiger partial charge < -0.3 is 9.84 Å². The summed E-state index contributed by atoms with van der Waals surface area (Å²) in [4.78, 5) is 20.9. The quantitative estimate of drug-likeness (QED) is 0.540. The smallest absolute Gasteiger partial charge is 0.350 e. The highest BCUT2D eigenvalue weighted by atomic mass is 35.5. The SMILES string of the molecule is O=C1OC(C(Cl)C(=O)O)C=C1Cl. The highest BCUT2D eigenvalue weighted by molar-refractivity contribution is 6.42. The number of rotatable bonds is 2. The van der Waals surface area contributed by atoms with Gasteiger partial charge in [-0.2, -0.15) is 0 Å². The average Bonchev–Trinajstić information content (AvgIpc) is 2.30. The number of carboxylic acids is 1. The minimum atomic E-state index is -1.29. The molecule has 1 heterocycles. The molecule has 0 aromatic carbocycles. The number of cyclic esters (lactones) is 1. The van der Waals surface area contributed by atoms with Crippen molar-refractivity contribution in [3.63, 3.8) is 0 Å². The molecule has 0 saturated carbocycles. The zero-order valence-corrected chi connectivity index (χ0v) is 7.17. The summed E-state index contributed by atoms with van der Waals surface area (Å²) >= 11 is 10.7. The van der Waals surface area contributed by atoms with E-state index in [1.165, 1.54) is 6.08 Å². The Morgan fingerprint density at radius 1 is 1.75 bits per heavy atom. The lowest BCUT2D eigenvalue weighted by atomic mass is 10.2. The van der Waals surface area contributed by atoms with Crippen molar-refractivity contribution in [2.24, 2.45) is 0 Å². The van der Waals surface area contributed by atoms with Crippen molar-refractivity contribution < 1.29 is 19.4 Å². The Hall–Kier alpha value is -0.740. The molecule has 0 aliphatic carbocycles. The van der Waals surface area contributed by atoms with E-state index in [0.717, 1.165) is 0 Å². The van der Waals surface area contributed by atoms with Gasteiger partial charge in [0.2, 0.25) is 0 Å². The second-order valence-electron chi connectivity index (χ2n) is 2.12. The van der Waals surface area contributed by atoms with Crippen LogP contribution < -0.4 is 0 Å². The van der Waals surface area contributed by atoms with Crippen LogP contribution in [0.1, 0.15) is 0 Å². The molecular weight excluding hydrogens is 207 g/mol. The van der Waals surface area contributed by atoms with Gasteiger partial charge in [-0.25, -0.2) is 4.79 Å². The third-order valence-electron chi connectivity index (χ3n) is 1.27.